The summed E-state index contributed by atoms with van der Waals surface area (Å²) in [7, 11) is -7.07. The molecule has 10 heteroatoms. The summed E-state index contributed by atoms with van der Waals surface area (Å²) in [4.78, 5) is 15.2. The molecule has 3 heterocycles. The van der Waals surface area contributed by atoms with Gasteiger partial charge in [0.15, 0.2) is 9.84 Å². The monoisotopic (exact) mass is 466 g/mol. The SMILES string of the molecule is Cc1ccc(S(=O)(=O)N2CCC[C@H]2C(=O)N(Cc2ccco2)[C@@H]2CCS(=O)(=O)C2)cc1. The van der Waals surface area contributed by atoms with Crippen LogP contribution in [0.5, 0.6) is 0 Å². The van der Waals surface area contributed by atoms with Gasteiger partial charge in [-0.1, -0.05) is 17.7 Å². The molecule has 2 fully saturated rings. The number of sulfone groups is 1. The highest BCUT2D eigenvalue weighted by Crippen LogP contribution is 2.30. The molecular formula is C21H26N2O6S2. The van der Waals surface area contributed by atoms with Crippen molar-refractivity contribution in [2.75, 3.05) is 18.1 Å². The molecule has 0 radical (unpaired) electrons. The van der Waals surface area contributed by atoms with E-state index in [2.05, 4.69) is 0 Å². The first-order valence-corrected chi connectivity index (χ1v) is 13.6. The van der Waals surface area contributed by atoms with Crippen molar-refractivity contribution >= 4 is 25.8 Å². The quantitative estimate of drug-likeness (QED) is 0.644. The van der Waals surface area contributed by atoms with Crippen LogP contribution in [0.25, 0.3) is 0 Å². The summed E-state index contributed by atoms with van der Waals surface area (Å²) in [6, 6.07) is 8.63. The van der Waals surface area contributed by atoms with Crippen molar-refractivity contribution < 1.29 is 26.0 Å². The van der Waals surface area contributed by atoms with E-state index in [0.717, 1.165) is 5.56 Å². The predicted octanol–water partition coefficient (Wildman–Crippen LogP) is 1.96. The summed E-state index contributed by atoms with van der Waals surface area (Å²) in [6.07, 6.45) is 2.80. The second-order valence-electron chi connectivity index (χ2n) is 8.19. The second kappa shape index (κ2) is 8.40. The van der Waals surface area contributed by atoms with Crippen LogP contribution in [0.3, 0.4) is 0 Å². The molecule has 2 atom stereocenters. The van der Waals surface area contributed by atoms with Gasteiger partial charge in [-0.3, -0.25) is 4.79 Å². The lowest BCUT2D eigenvalue weighted by atomic mass is 10.1. The first-order valence-electron chi connectivity index (χ1n) is 10.3. The molecule has 4 rings (SSSR count). The Balaban J connectivity index is 1.63. The third kappa shape index (κ3) is 4.56. The standard InChI is InChI=1S/C21H26N2O6S2/c1-16-6-8-19(9-7-16)31(27,28)23-11-2-5-20(23)21(24)22(14-18-4-3-12-29-18)17-10-13-30(25,26)15-17/h3-4,6-9,12,17,20H,2,5,10-11,13-15H2,1H3/t17-,20+/m1/s1. The summed E-state index contributed by atoms with van der Waals surface area (Å²) >= 11 is 0. The van der Waals surface area contributed by atoms with Gasteiger partial charge >= 0.3 is 0 Å². The molecular weight excluding hydrogens is 440 g/mol. The maximum atomic E-state index is 13.6. The fourth-order valence-corrected chi connectivity index (χ4v) is 7.67. The Bertz CT molecular complexity index is 1140. The van der Waals surface area contributed by atoms with E-state index < -0.39 is 31.9 Å². The lowest BCUT2D eigenvalue weighted by molar-refractivity contribution is -0.137. The van der Waals surface area contributed by atoms with Crippen LogP contribution < -0.4 is 0 Å². The zero-order chi connectivity index (χ0) is 22.2. The molecule has 8 nitrogen and oxygen atoms in total. The van der Waals surface area contributed by atoms with Gasteiger partial charge in [-0.25, -0.2) is 16.8 Å². The van der Waals surface area contributed by atoms with Crippen molar-refractivity contribution in [2.45, 2.75) is 49.7 Å². The van der Waals surface area contributed by atoms with E-state index in [0.29, 0.717) is 25.0 Å². The van der Waals surface area contributed by atoms with Crippen LogP contribution in [0.15, 0.2) is 52.0 Å². The number of sulfonamides is 1. The van der Waals surface area contributed by atoms with Gasteiger partial charge in [-0.2, -0.15) is 4.31 Å². The molecule has 2 saturated heterocycles. The van der Waals surface area contributed by atoms with Gasteiger partial charge in [-0.05, 0) is 50.5 Å². The van der Waals surface area contributed by atoms with E-state index in [9.17, 15) is 21.6 Å². The van der Waals surface area contributed by atoms with Crippen LogP contribution in [0.4, 0.5) is 0 Å². The first kappa shape index (κ1) is 22.0. The number of aryl methyl sites for hydroxylation is 1. The van der Waals surface area contributed by atoms with Crippen LogP contribution in [-0.4, -0.2) is 62.1 Å². The average Bonchev–Trinajstić information content (AvgIpc) is 3.47. The number of nitrogens with zero attached hydrogens (tertiary/aromatic N) is 2. The lowest BCUT2D eigenvalue weighted by Gasteiger charge is -2.33. The first-order chi connectivity index (χ1) is 14.7. The zero-order valence-corrected chi connectivity index (χ0v) is 18.9. The van der Waals surface area contributed by atoms with Crippen molar-refractivity contribution in [1.82, 2.24) is 9.21 Å². The Morgan fingerprint density at radius 2 is 1.94 bits per heavy atom. The number of carbonyl (C=O) groups is 1. The minimum atomic E-state index is -3.85. The Labute approximate surface area is 182 Å². The average molecular weight is 467 g/mol. The van der Waals surface area contributed by atoms with Gasteiger partial charge < -0.3 is 9.32 Å². The van der Waals surface area contributed by atoms with Crippen molar-refractivity contribution in [3.63, 3.8) is 0 Å². The Morgan fingerprint density at radius 3 is 2.55 bits per heavy atom. The molecule has 1 aromatic carbocycles. The van der Waals surface area contributed by atoms with Gasteiger partial charge in [0.2, 0.25) is 15.9 Å². The molecule has 31 heavy (non-hydrogen) atoms. The minimum Gasteiger partial charge on any atom is -0.467 e. The van der Waals surface area contributed by atoms with Crippen molar-refractivity contribution in [3.05, 3.63) is 54.0 Å². The maximum Gasteiger partial charge on any atom is 0.243 e. The molecule has 0 bridgehead atoms. The fourth-order valence-electron chi connectivity index (χ4n) is 4.29. The Hall–Kier alpha value is -2.17. The van der Waals surface area contributed by atoms with Crippen LogP contribution >= 0.6 is 0 Å². The number of hydrogen-bond donors (Lipinski definition) is 0. The van der Waals surface area contributed by atoms with Gasteiger partial charge in [-0.15, -0.1) is 0 Å². The summed E-state index contributed by atoms with van der Waals surface area (Å²) in [5.74, 6) is 0.0715. The smallest absolute Gasteiger partial charge is 0.243 e. The van der Waals surface area contributed by atoms with Crippen molar-refractivity contribution in [1.29, 1.82) is 0 Å². The minimum absolute atomic E-state index is 0.0235. The van der Waals surface area contributed by atoms with Gasteiger partial charge in [0.25, 0.3) is 0 Å². The molecule has 168 valence electrons. The highest BCUT2D eigenvalue weighted by molar-refractivity contribution is 7.91. The summed E-state index contributed by atoms with van der Waals surface area (Å²) in [5.41, 5.74) is 0.945. The zero-order valence-electron chi connectivity index (χ0n) is 17.3. The van der Waals surface area contributed by atoms with E-state index >= 15 is 0 Å². The molecule has 0 unspecified atom stereocenters. The molecule has 2 aliphatic rings. The third-order valence-electron chi connectivity index (χ3n) is 5.95. The Morgan fingerprint density at radius 1 is 1.19 bits per heavy atom. The van der Waals surface area contributed by atoms with Gasteiger partial charge in [0.1, 0.15) is 11.8 Å². The number of rotatable bonds is 6. The fraction of sp³-hybridized carbons (Fsp3) is 0.476. The molecule has 0 saturated carbocycles. The number of benzene rings is 1. The largest absolute Gasteiger partial charge is 0.467 e. The van der Waals surface area contributed by atoms with Crippen molar-refractivity contribution in [3.8, 4) is 0 Å². The van der Waals surface area contributed by atoms with Crippen LogP contribution in [0, 0.1) is 6.92 Å². The van der Waals surface area contributed by atoms with E-state index in [4.69, 9.17) is 4.42 Å². The third-order valence-corrected chi connectivity index (χ3v) is 9.63. The maximum absolute atomic E-state index is 13.6. The molecule has 1 amide bonds. The highest BCUT2D eigenvalue weighted by Gasteiger charge is 2.44. The number of hydrogen-bond acceptors (Lipinski definition) is 6. The van der Waals surface area contributed by atoms with Gasteiger partial charge in [0.05, 0.1) is 29.2 Å². The molecule has 0 spiro atoms. The number of furan rings is 1. The Kier molecular flexibility index (Phi) is 5.97. The number of amides is 1. The van der Waals surface area contributed by atoms with E-state index in [1.807, 2.05) is 6.92 Å². The van der Waals surface area contributed by atoms with Gasteiger partial charge in [0, 0.05) is 12.6 Å². The highest BCUT2D eigenvalue weighted by atomic mass is 32.2. The van der Waals surface area contributed by atoms with E-state index in [-0.39, 0.29) is 35.4 Å². The molecule has 0 aliphatic carbocycles. The normalized spacial score (nSPS) is 23.8. The molecule has 2 aromatic rings. The lowest BCUT2D eigenvalue weighted by Crippen LogP contribution is -2.51. The second-order valence-corrected chi connectivity index (χ2v) is 12.3. The number of carbonyl (C=O) groups excluding carboxylic acids is 1. The molecule has 1 aromatic heterocycles. The van der Waals surface area contributed by atoms with E-state index in [1.165, 1.54) is 15.5 Å². The van der Waals surface area contributed by atoms with E-state index in [1.54, 1.807) is 36.4 Å². The summed E-state index contributed by atoms with van der Waals surface area (Å²) in [6.45, 7) is 2.24. The summed E-state index contributed by atoms with van der Waals surface area (Å²) in [5, 5.41) is 0. The van der Waals surface area contributed by atoms with Crippen LogP contribution in [0.2, 0.25) is 0 Å². The molecule has 0 N–H and O–H groups in total. The summed E-state index contributed by atoms with van der Waals surface area (Å²) < 4.78 is 57.3. The topological polar surface area (TPSA) is 105 Å². The van der Waals surface area contributed by atoms with Crippen molar-refractivity contribution in [2.24, 2.45) is 0 Å². The molecule has 2 aliphatic heterocycles. The predicted molar refractivity (Wildman–Crippen MR) is 114 cm³/mol. The van der Waals surface area contributed by atoms with Crippen LogP contribution in [0.1, 0.15) is 30.6 Å². The van der Waals surface area contributed by atoms with Crippen LogP contribution in [-0.2, 0) is 31.2 Å².